The lowest BCUT2D eigenvalue weighted by molar-refractivity contribution is -0.135. The van der Waals surface area contributed by atoms with E-state index in [0.717, 1.165) is 0 Å². The Hall–Kier alpha value is -0.680. The number of thiocarbonyl (C=S) groups is 1. The van der Waals surface area contributed by atoms with E-state index < -0.39 is 5.60 Å². The molecule has 2 N–H and O–H groups in total. The second kappa shape index (κ2) is 5.78. The average Bonchev–Trinajstić information content (AvgIpc) is 2.28. The predicted molar refractivity (Wildman–Crippen MR) is 71.8 cm³/mol. The third kappa shape index (κ3) is 3.39. The largest absolute Gasteiger partial charge is 0.391 e. The van der Waals surface area contributed by atoms with Gasteiger partial charge in [0, 0.05) is 39.5 Å². The number of nitrogens with two attached hydrogens (primary N) is 1. The van der Waals surface area contributed by atoms with Gasteiger partial charge in [0.1, 0.15) is 10.6 Å². The van der Waals surface area contributed by atoms with Crippen molar-refractivity contribution in [3.05, 3.63) is 0 Å². The van der Waals surface area contributed by atoms with Crippen molar-refractivity contribution in [1.29, 1.82) is 0 Å². The first-order valence-electron chi connectivity index (χ1n) is 6.04. The maximum absolute atomic E-state index is 11.9. The van der Waals surface area contributed by atoms with Crippen LogP contribution in [-0.2, 0) is 9.53 Å². The fourth-order valence-corrected chi connectivity index (χ4v) is 2.43. The Morgan fingerprint density at radius 3 is 2.35 bits per heavy atom. The quantitative estimate of drug-likeness (QED) is 0.773. The van der Waals surface area contributed by atoms with Crippen LogP contribution in [0.15, 0.2) is 0 Å². The van der Waals surface area contributed by atoms with E-state index in [0.29, 0.717) is 43.3 Å². The number of likely N-dealkylation sites (tertiary alicyclic amines) is 1. The van der Waals surface area contributed by atoms with E-state index in [1.807, 2.05) is 4.90 Å². The highest BCUT2D eigenvalue weighted by Crippen LogP contribution is 2.26. The molecule has 0 aromatic carbocycles. The molecule has 1 rings (SSSR count). The molecule has 0 bridgehead atoms. The summed E-state index contributed by atoms with van der Waals surface area (Å²) in [6.07, 6.45) is 2.00. The van der Waals surface area contributed by atoms with E-state index >= 15 is 0 Å². The Kier molecular flexibility index (Phi) is 4.89. The third-order valence-electron chi connectivity index (χ3n) is 3.35. The molecule has 0 radical (unpaired) electrons. The summed E-state index contributed by atoms with van der Waals surface area (Å²) in [5, 5.41) is 0. The van der Waals surface area contributed by atoms with Gasteiger partial charge < -0.3 is 15.4 Å². The summed E-state index contributed by atoms with van der Waals surface area (Å²) in [6.45, 7) is 5.46. The van der Waals surface area contributed by atoms with Gasteiger partial charge in [-0.15, -0.1) is 0 Å². The number of amides is 1. The molecule has 1 saturated heterocycles. The van der Waals surface area contributed by atoms with Crippen LogP contribution in [0.3, 0.4) is 0 Å². The number of hydrogen-bond donors (Lipinski definition) is 1. The fourth-order valence-electron chi connectivity index (χ4n) is 2.15. The minimum atomic E-state index is -0.510. The summed E-state index contributed by atoms with van der Waals surface area (Å²) in [5.41, 5.74) is 5.21. The van der Waals surface area contributed by atoms with Crippen molar-refractivity contribution in [2.45, 2.75) is 38.7 Å². The van der Waals surface area contributed by atoms with Crippen LogP contribution >= 0.6 is 12.2 Å². The monoisotopic (exact) mass is 258 g/mol. The van der Waals surface area contributed by atoms with Crippen molar-refractivity contribution < 1.29 is 9.53 Å². The first-order valence-corrected chi connectivity index (χ1v) is 6.45. The molecule has 1 amide bonds. The molecule has 0 aromatic heterocycles. The molecule has 1 heterocycles. The van der Waals surface area contributed by atoms with Crippen molar-refractivity contribution >= 4 is 23.1 Å². The summed E-state index contributed by atoms with van der Waals surface area (Å²) in [5.74, 6) is 0.611. The van der Waals surface area contributed by atoms with Crippen molar-refractivity contribution in [2.24, 2.45) is 11.7 Å². The topological polar surface area (TPSA) is 55.6 Å². The molecule has 4 nitrogen and oxygen atoms in total. The Morgan fingerprint density at radius 2 is 2.00 bits per heavy atom. The van der Waals surface area contributed by atoms with Crippen molar-refractivity contribution in [1.82, 2.24) is 4.90 Å². The van der Waals surface area contributed by atoms with E-state index in [9.17, 15) is 4.79 Å². The van der Waals surface area contributed by atoms with Gasteiger partial charge in [-0.3, -0.25) is 4.79 Å². The molecule has 1 fully saturated rings. The van der Waals surface area contributed by atoms with Crippen LogP contribution in [0.4, 0.5) is 0 Å². The van der Waals surface area contributed by atoms with Crippen LogP contribution in [0.1, 0.15) is 33.1 Å². The number of rotatable bonds is 4. The summed E-state index contributed by atoms with van der Waals surface area (Å²) in [7, 11) is 1.63. The smallest absolute Gasteiger partial charge is 0.222 e. The molecule has 1 aliphatic rings. The number of carbonyl (C=O) groups is 1. The van der Waals surface area contributed by atoms with Crippen LogP contribution in [-0.4, -0.2) is 41.6 Å². The third-order valence-corrected chi connectivity index (χ3v) is 3.72. The van der Waals surface area contributed by atoms with Crippen LogP contribution in [0.25, 0.3) is 0 Å². The first kappa shape index (κ1) is 14.4. The van der Waals surface area contributed by atoms with Gasteiger partial charge in [-0.2, -0.15) is 0 Å². The summed E-state index contributed by atoms with van der Waals surface area (Å²) in [4.78, 5) is 14.2. The normalized spacial score (nSPS) is 19.4. The number of ether oxygens (including phenoxy) is 1. The summed E-state index contributed by atoms with van der Waals surface area (Å²) >= 11 is 5.05. The molecule has 98 valence electrons. The Labute approximate surface area is 108 Å². The van der Waals surface area contributed by atoms with Crippen LogP contribution in [0.2, 0.25) is 0 Å². The Morgan fingerprint density at radius 1 is 1.47 bits per heavy atom. The predicted octanol–water partition coefficient (Wildman–Crippen LogP) is 1.33. The van der Waals surface area contributed by atoms with Gasteiger partial charge in [0.15, 0.2) is 0 Å². The van der Waals surface area contributed by atoms with E-state index in [1.54, 1.807) is 7.11 Å². The molecular weight excluding hydrogens is 236 g/mol. The second-order valence-corrected chi connectivity index (χ2v) is 5.48. The molecule has 0 aliphatic carbocycles. The summed E-state index contributed by atoms with van der Waals surface area (Å²) < 4.78 is 5.45. The minimum absolute atomic E-state index is 0.215. The number of piperidine rings is 1. The van der Waals surface area contributed by atoms with E-state index in [-0.39, 0.29) is 5.91 Å². The first-order chi connectivity index (χ1) is 7.91. The molecule has 0 saturated carbocycles. The van der Waals surface area contributed by atoms with Gasteiger partial charge in [0.2, 0.25) is 5.91 Å². The average molecular weight is 258 g/mol. The Balaban J connectivity index is 2.55. The SMILES string of the molecule is COC1(C(N)=S)CCN(C(=O)CC(C)C)CC1. The van der Waals surface area contributed by atoms with E-state index in [1.165, 1.54) is 0 Å². The maximum Gasteiger partial charge on any atom is 0.222 e. The highest BCUT2D eigenvalue weighted by molar-refractivity contribution is 7.80. The fraction of sp³-hybridized carbons (Fsp3) is 0.833. The zero-order chi connectivity index (χ0) is 13.1. The molecular formula is C12H22N2O2S. The standard InChI is InChI=1S/C12H22N2O2S/c1-9(2)8-10(15)14-6-4-12(16-3,5-7-14)11(13)17/h9H,4-8H2,1-3H3,(H2,13,17). The number of carbonyl (C=O) groups excluding carboxylic acids is 1. The van der Waals surface area contributed by atoms with Crippen molar-refractivity contribution in [3.8, 4) is 0 Å². The van der Waals surface area contributed by atoms with E-state index in [2.05, 4.69) is 13.8 Å². The lowest BCUT2D eigenvalue weighted by atomic mass is 9.90. The molecule has 0 unspecified atom stereocenters. The maximum atomic E-state index is 11.9. The van der Waals surface area contributed by atoms with Gasteiger partial charge in [-0.05, 0) is 5.92 Å². The van der Waals surface area contributed by atoms with Gasteiger partial charge in [-0.25, -0.2) is 0 Å². The lowest BCUT2D eigenvalue weighted by Crippen LogP contribution is -2.53. The van der Waals surface area contributed by atoms with Crippen molar-refractivity contribution in [3.63, 3.8) is 0 Å². The second-order valence-electron chi connectivity index (χ2n) is 5.04. The summed E-state index contributed by atoms with van der Waals surface area (Å²) in [6, 6.07) is 0. The molecule has 5 heteroatoms. The molecule has 0 atom stereocenters. The van der Waals surface area contributed by atoms with Crippen LogP contribution in [0, 0.1) is 5.92 Å². The highest BCUT2D eigenvalue weighted by Gasteiger charge is 2.38. The van der Waals surface area contributed by atoms with E-state index in [4.69, 9.17) is 22.7 Å². The highest BCUT2D eigenvalue weighted by atomic mass is 32.1. The zero-order valence-corrected chi connectivity index (χ0v) is 11.7. The lowest BCUT2D eigenvalue weighted by Gasteiger charge is -2.40. The molecule has 0 spiro atoms. The number of hydrogen-bond acceptors (Lipinski definition) is 3. The van der Waals surface area contributed by atoms with Crippen molar-refractivity contribution in [2.75, 3.05) is 20.2 Å². The van der Waals surface area contributed by atoms with Gasteiger partial charge in [-0.1, -0.05) is 26.1 Å². The van der Waals surface area contributed by atoms with Crippen LogP contribution in [0.5, 0.6) is 0 Å². The molecule has 1 aliphatic heterocycles. The Bertz CT molecular complexity index is 297. The molecule has 17 heavy (non-hydrogen) atoms. The van der Waals surface area contributed by atoms with Crippen LogP contribution < -0.4 is 5.73 Å². The zero-order valence-electron chi connectivity index (χ0n) is 10.9. The van der Waals surface area contributed by atoms with Gasteiger partial charge in [0.25, 0.3) is 0 Å². The number of methoxy groups -OCH3 is 1. The van der Waals surface area contributed by atoms with Gasteiger partial charge >= 0.3 is 0 Å². The minimum Gasteiger partial charge on any atom is -0.391 e. The number of nitrogens with zero attached hydrogens (tertiary/aromatic N) is 1. The van der Waals surface area contributed by atoms with Gasteiger partial charge in [0.05, 0.1) is 0 Å². The molecule has 0 aromatic rings.